The van der Waals surface area contributed by atoms with E-state index in [1.54, 1.807) is 0 Å². The summed E-state index contributed by atoms with van der Waals surface area (Å²) in [7, 11) is 2.20. The first-order valence-electron chi connectivity index (χ1n) is 8.08. The van der Waals surface area contributed by atoms with E-state index in [0.717, 1.165) is 31.6 Å². The molecule has 4 nitrogen and oxygen atoms in total. The minimum Gasteiger partial charge on any atom is -0.303 e. The molecule has 120 valence electrons. The highest BCUT2D eigenvalue weighted by Crippen LogP contribution is 2.08. The van der Waals surface area contributed by atoms with Gasteiger partial charge in [-0.25, -0.2) is 0 Å². The molecule has 0 aliphatic heterocycles. The molecule has 0 amide bonds. The number of aromatic nitrogens is 3. The lowest BCUT2D eigenvalue weighted by Gasteiger charge is -2.24. The van der Waals surface area contributed by atoms with Crippen LogP contribution in [0.25, 0.3) is 0 Å². The van der Waals surface area contributed by atoms with Crippen molar-refractivity contribution < 1.29 is 0 Å². The molecule has 4 heteroatoms. The summed E-state index contributed by atoms with van der Waals surface area (Å²) < 4.78 is 2.11. The lowest BCUT2D eigenvalue weighted by molar-refractivity contribution is 0.246. The first-order chi connectivity index (χ1) is 10.5. The fraction of sp³-hybridized carbons (Fsp3) is 0.556. The summed E-state index contributed by atoms with van der Waals surface area (Å²) in [6.07, 6.45) is 4.02. The zero-order valence-electron chi connectivity index (χ0n) is 14.5. The molecular weight excluding hydrogens is 272 g/mol. The smallest absolute Gasteiger partial charge is 0.0596 e. The zero-order chi connectivity index (χ0) is 16.1. The van der Waals surface area contributed by atoms with Crippen molar-refractivity contribution in [1.82, 2.24) is 19.7 Å². The number of hydrogen-bond acceptors (Lipinski definition) is 3. The minimum absolute atomic E-state index is 0.495. The van der Waals surface area contributed by atoms with Crippen LogP contribution < -0.4 is 0 Å². The van der Waals surface area contributed by atoms with Crippen molar-refractivity contribution >= 4 is 0 Å². The summed E-state index contributed by atoms with van der Waals surface area (Å²) in [5.41, 5.74) is 4.81. The number of aryl methyl sites for hydroxylation is 4. The molecule has 0 spiro atoms. The van der Waals surface area contributed by atoms with Gasteiger partial charge in [-0.2, -0.15) is 5.10 Å². The molecule has 2 rings (SSSR count). The van der Waals surface area contributed by atoms with Crippen LogP contribution in [0.2, 0.25) is 0 Å². The summed E-state index contributed by atoms with van der Waals surface area (Å²) in [5, 5.41) is 4.52. The molecule has 0 aliphatic carbocycles. The standard InChI is InChI=1S/C18H28N4/c1-14-7-8-19-18(11-14)13-16(3)21(5)9-6-10-22-17(4)12-15(2)20-22/h7-8,11-12,16H,6,9-10,13H2,1-5H3/t16-/m1/s1. The lowest BCUT2D eigenvalue weighted by atomic mass is 10.1. The molecule has 0 unspecified atom stereocenters. The predicted octanol–water partition coefficient (Wildman–Crippen LogP) is 3.16. The SMILES string of the molecule is Cc1ccnc(C[C@@H](C)N(C)CCCn2nc(C)cc2C)c1. The molecule has 0 fully saturated rings. The van der Waals surface area contributed by atoms with Gasteiger partial charge >= 0.3 is 0 Å². The van der Waals surface area contributed by atoms with Gasteiger partial charge < -0.3 is 4.90 Å². The van der Waals surface area contributed by atoms with Crippen molar-refractivity contribution in [3.8, 4) is 0 Å². The third-order valence-corrected chi connectivity index (χ3v) is 4.21. The van der Waals surface area contributed by atoms with E-state index >= 15 is 0 Å². The molecule has 0 saturated carbocycles. The Morgan fingerprint density at radius 1 is 1.23 bits per heavy atom. The van der Waals surface area contributed by atoms with Crippen LogP contribution in [0.4, 0.5) is 0 Å². The van der Waals surface area contributed by atoms with Gasteiger partial charge in [0, 0.05) is 36.6 Å². The van der Waals surface area contributed by atoms with Crippen LogP contribution in [0.3, 0.4) is 0 Å². The van der Waals surface area contributed by atoms with E-state index in [4.69, 9.17) is 0 Å². The maximum atomic E-state index is 4.52. The van der Waals surface area contributed by atoms with Gasteiger partial charge in [0.1, 0.15) is 0 Å². The number of pyridine rings is 1. The Bertz CT molecular complexity index is 603. The van der Waals surface area contributed by atoms with Gasteiger partial charge in [-0.05, 0) is 71.5 Å². The van der Waals surface area contributed by atoms with Crippen LogP contribution >= 0.6 is 0 Å². The Balaban J connectivity index is 1.79. The van der Waals surface area contributed by atoms with E-state index < -0.39 is 0 Å². The number of nitrogens with zero attached hydrogens (tertiary/aromatic N) is 4. The Morgan fingerprint density at radius 3 is 2.64 bits per heavy atom. The van der Waals surface area contributed by atoms with Gasteiger partial charge in [0.25, 0.3) is 0 Å². The maximum absolute atomic E-state index is 4.52. The van der Waals surface area contributed by atoms with E-state index in [1.165, 1.54) is 17.0 Å². The summed E-state index contributed by atoms with van der Waals surface area (Å²) in [6.45, 7) is 10.6. The van der Waals surface area contributed by atoms with Crippen molar-refractivity contribution in [2.45, 2.75) is 53.1 Å². The lowest BCUT2D eigenvalue weighted by Crippen LogP contribution is -2.32. The number of likely N-dealkylation sites (N-methyl/N-ethyl adjacent to an activating group) is 1. The van der Waals surface area contributed by atoms with Gasteiger partial charge in [0.05, 0.1) is 5.69 Å². The molecule has 22 heavy (non-hydrogen) atoms. The van der Waals surface area contributed by atoms with Gasteiger partial charge in [-0.1, -0.05) is 0 Å². The largest absolute Gasteiger partial charge is 0.303 e. The van der Waals surface area contributed by atoms with Gasteiger partial charge in [0.2, 0.25) is 0 Å². The fourth-order valence-corrected chi connectivity index (χ4v) is 2.76. The predicted molar refractivity (Wildman–Crippen MR) is 91.1 cm³/mol. The summed E-state index contributed by atoms with van der Waals surface area (Å²) in [6, 6.07) is 6.86. The summed E-state index contributed by atoms with van der Waals surface area (Å²) in [5.74, 6) is 0. The zero-order valence-corrected chi connectivity index (χ0v) is 14.5. The molecule has 0 aliphatic rings. The van der Waals surface area contributed by atoms with Crippen molar-refractivity contribution in [3.05, 3.63) is 47.0 Å². The average Bonchev–Trinajstić information content (AvgIpc) is 2.77. The van der Waals surface area contributed by atoms with Crippen LogP contribution in [0.1, 0.15) is 36.0 Å². The van der Waals surface area contributed by atoms with Crippen molar-refractivity contribution in [3.63, 3.8) is 0 Å². The monoisotopic (exact) mass is 300 g/mol. The van der Waals surface area contributed by atoms with Crippen LogP contribution in [-0.4, -0.2) is 39.3 Å². The normalized spacial score (nSPS) is 12.8. The molecule has 2 aromatic rings. The second kappa shape index (κ2) is 7.54. The molecular formula is C18H28N4. The maximum Gasteiger partial charge on any atom is 0.0596 e. The molecule has 0 radical (unpaired) electrons. The fourth-order valence-electron chi connectivity index (χ4n) is 2.76. The molecule has 0 aromatic carbocycles. The molecule has 0 N–H and O–H groups in total. The van der Waals surface area contributed by atoms with Crippen LogP contribution in [0.5, 0.6) is 0 Å². The van der Waals surface area contributed by atoms with Crippen LogP contribution in [0.15, 0.2) is 24.4 Å². The first kappa shape index (κ1) is 16.7. The Morgan fingerprint density at radius 2 is 2.00 bits per heavy atom. The number of hydrogen-bond donors (Lipinski definition) is 0. The third kappa shape index (κ3) is 4.67. The van der Waals surface area contributed by atoms with Gasteiger partial charge in [0.15, 0.2) is 0 Å². The molecule has 0 saturated heterocycles. The highest BCUT2D eigenvalue weighted by Gasteiger charge is 2.11. The Labute approximate surface area is 134 Å². The number of rotatable bonds is 7. The quantitative estimate of drug-likeness (QED) is 0.787. The second-order valence-electron chi connectivity index (χ2n) is 6.36. The Hall–Kier alpha value is -1.68. The average molecular weight is 300 g/mol. The van der Waals surface area contributed by atoms with E-state index in [-0.39, 0.29) is 0 Å². The third-order valence-electron chi connectivity index (χ3n) is 4.21. The van der Waals surface area contributed by atoms with E-state index in [2.05, 4.69) is 59.6 Å². The highest BCUT2D eigenvalue weighted by molar-refractivity contribution is 5.15. The van der Waals surface area contributed by atoms with E-state index in [1.807, 2.05) is 19.2 Å². The molecule has 2 aromatic heterocycles. The van der Waals surface area contributed by atoms with E-state index in [9.17, 15) is 0 Å². The molecule has 2 heterocycles. The molecule has 1 atom stereocenters. The first-order valence-corrected chi connectivity index (χ1v) is 8.08. The summed E-state index contributed by atoms with van der Waals surface area (Å²) >= 11 is 0. The van der Waals surface area contributed by atoms with Crippen molar-refractivity contribution in [2.75, 3.05) is 13.6 Å². The molecule has 0 bridgehead atoms. The van der Waals surface area contributed by atoms with E-state index in [0.29, 0.717) is 6.04 Å². The van der Waals surface area contributed by atoms with Crippen LogP contribution in [0, 0.1) is 20.8 Å². The highest BCUT2D eigenvalue weighted by atomic mass is 15.3. The Kier molecular flexibility index (Phi) is 5.72. The topological polar surface area (TPSA) is 34.0 Å². The van der Waals surface area contributed by atoms with Gasteiger partial charge in [-0.3, -0.25) is 9.67 Å². The van der Waals surface area contributed by atoms with Crippen molar-refractivity contribution in [1.29, 1.82) is 0 Å². The van der Waals surface area contributed by atoms with Gasteiger partial charge in [-0.15, -0.1) is 0 Å². The second-order valence-corrected chi connectivity index (χ2v) is 6.36. The van der Waals surface area contributed by atoms with Crippen LogP contribution in [-0.2, 0) is 13.0 Å². The van der Waals surface area contributed by atoms with Crippen molar-refractivity contribution in [2.24, 2.45) is 0 Å². The summed E-state index contributed by atoms with van der Waals surface area (Å²) in [4.78, 5) is 6.88. The minimum atomic E-state index is 0.495.